The number of carbonyl (C=O) groups excluding carboxylic acids is 2. The molecule has 1 N–H and O–H groups in total. The summed E-state index contributed by atoms with van der Waals surface area (Å²) < 4.78 is 22.0. The van der Waals surface area contributed by atoms with Crippen LogP contribution >= 0.6 is 0 Å². The lowest BCUT2D eigenvalue weighted by Crippen LogP contribution is -2.33. The number of H-pyrrole nitrogens is 1. The van der Waals surface area contributed by atoms with E-state index in [1.165, 1.54) is 17.7 Å². The predicted molar refractivity (Wildman–Crippen MR) is 110 cm³/mol. The first-order valence-electron chi connectivity index (χ1n) is 10.0. The van der Waals surface area contributed by atoms with Crippen molar-refractivity contribution >= 4 is 12.1 Å². The van der Waals surface area contributed by atoms with Gasteiger partial charge in [0.05, 0.1) is 12.6 Å². The van der Waals surface area contributed by atoms with Gasteiger partial charge in [0.15, 0.2) is 0 Å². The van der Waals surface area contributed by atoms with Crippen molar-refractivity contribution in [2.24, 2.45) is 5.11 Å². The Kier molecular flexibility index (Phi) is 8.44. The van der Waals surface area contributed by atoms with E-state index < -0.39 is 47.3 Å². The molecule has 2 heterocycles. The molecule has 0 radical (unpaired) electrons. The van der Waals surface area contributed by atoms with Gasteiger partial charge in [-0.1, -0.05) is 5.11 Å². The topological polar surface area (TPSA) is 175 Å². The molecule has 13 heteroatoms. The van der Waals surface area contributed by atoms with Crippen LogP contribution in [0.2, 0.25) is 0 Å². The normalized spacial score (nSPS) is 20.3. The van der Waals surface area contributed by atoms with Crippen molar-refractivity contribution in [1.82, 2.24) is 9.55 Å². The van der Waals surface area contributed by atoms with E-state index in [0.29, 0.717) is 5.56 Å². The number of hydrogen-bond acceptors (Lipinski definition) is 9. The zero-order chi connectivity index (χ0) is 23.9. The van der Waals surface area contributed by atoms with E-state index in [1.807, 2.05) is 0 Å². The zero-order valence-electron chi connectivity index (χ0n) is 18.4. The minimum absolute atomic E-state index is 0.0436. The molecule has 1 aliphatic rings. The Morgan fingerprint density at radius 2 is 2.06 bits per heavy atom. The lowest BCUT2D eigenvalue weighted by atomic mass is 10.1. The number of azide groups is 1. The van der Waals surface area contributed by atoms with Gasteiger partial charge in [-0.05, 0) is 39.6 Å². The third kappa shape index (κ3) is 7.43. The maximum atomic E-state index is 12.1. The summed E-state index contributed by atoms with van der Waals surface area (Å²) >= 11 is 0. The molecule has 0 amide bonds. The molecule has 0 bridgehead atoms. The van der Waals surface area contributed by atoms with Gasteiger partial charge in [0.1, 0.15) is 24.5 Å². The van der Waals surface area contributed by atoms with Crippen LogP contribution in [0.25, 0.3) is 10.4 Å². The predicted octanol–water partition coefficient (Wildman–Crippen LogP) is 2.09. The Labute approximate surface area is 183 Å². The maximum Gasteiger partial charge on any atom is 0.508 e. The van der Waals surface area contributed by atoms with Crippen molar-refractivity contribution in [2.75, 3.05) is 13.2 Å². The van der Waals surface area contributed by atoms with Crippen LogP contribution in [0.5, 0.6) is 0 Å². The van der Waals surface area contributed by atoms with E-state index in [1.54, 1.807) is 20.8 Å². The minimum atomic E-state index is -0.974. The van der Waals surface area contributed by atoms with Gasteiger partial charge < -0.3 is 18.9 Å². The molecule has 0 saturated carbocycles. The summed E-state index contributed by atoms with van der Waals surface area (Å²) in [4.78, 5) is 52.0. The summed E-state index contributed by atoms with van der Waals surface area (Å²) in [7, 11) is 0. The maximum absolute atomic E-state index is 12.1. The number of hydrogen-bond donors (Lipinski definition) is 1. The van der Waals surface area contributed by atoms with Gasteiger partial charge >= 0.3 is 17.8 Å². The number of ether oxygens (including phenoxy) is 4. The van der Waals surface area contributed by atoms with E-state index in [4.69, 9.17) is 24.5 Å². The summed E-state index contributed by atoms with van der Waals surface area (Å²) in [5.74, 6) is -0.398. The molecular formula is C19H27N5O8. The number of rotatable bonds is 8. The lowest BCUT2D eigenvalue weighted by Gasteiger charge is -2.19. The van der Waals surface area contributed by atoms with Crippen molar-refractivity contribution in [2.45, 2.75) is 70.9 Å². The molecule has 0 aromatic carbocycles. The third-order valence-corrected chi connectivity index (χ3v) is 4.39. The van der Waals surface area contributed by atoms with Crippen molar-refractivity contribution in [3.63, 3.8) is 0 Å². The number of nitrogens with one attached hydrogen (secondary N) is 1. The lowest BCUT2D eigenvalue weighted by molar-refractivity contribution is -0.155. The van der Waals surface area contributed by atoms with E-state index in [0.717, 1.165) is 0 Å². The first kappa shape index (κ1) is 25.0. The summed E-state index contributed by atoms with van der Waals surface area (Å²) in [5.41, 5.74) is 7.33. The fraction of sp³-hybridized carbons (Fsp3) is 0.684. The molecule has 1 aromatic rings. The highest BCUT2D eigenvalue weighted by atomic mass is 16.7. The molecule has 1 saturated heterocycles. The van der Waals surface area contributed by atoms with Gasteiger partial charge in [-0.15, -0.1) is 0 Å². The summed E-state index contributed by atoms with van der Waals surface area (Å²) in [5, 5.41) is 3.64. The third-order valence-electron chi connectivity index (χ3n) is 4.39. The van der Waals surface area contributed by atoms with Crippen molar-refractivity contribution < 1.29 is 28.5 Å². The van der Waals surface area contributed by atoms with E-state index in [9.17, 15) is 19.2 Å². The van der Waals surface area contributed by atoms with E-state index in [-0.39, 0.29) is 32.5 Å². The van der Waals surface area contributed by atoms with Crippen LogP contribution in [0, 0.1) is 6.92 Å². The van der Waals surface area contributed by atoms with Gasteiger partial charge in [-0.3, -0.25) is 19.1 Å². The highest BCUT2D eigenvalue weighted by Crippen LogP contribution is 2.30. The molecule has 3 atom stereocenters. The van der Waals surface area contributed by atoms with Crippen LogP contribution in [0.4, 0.5) is 4.79 Å². The zero-order valence-corrected chi connectivity index (χ0v) is 18.4. The van der Waals surface area contributed by atoms with Crippen LogP contribution in [0.3, 0.4) is 0 Å². The Hall–Kier alpha value is -3.31. The Balaban J connectivity index is 1.85. The number of esters is 1. The van der Waals surface area contributed by atoms with Gasteiger partial charge in [-0.2, -0.15) is 0 Å². The second-order valence-electron chi connectivity index (χ2n) is 8.22. The minimum Gasteiger partial charge on any atom is -0.460 e. The number of nitrogens with zero attached hydrogens (tertiary/aromatic N) is 4. The average Bonchev–Trinajstić information content (AvgIpc) is 3.08. The molecule has 13 nitrogen and oxygen atoms in total. The number of aromatic nitrogens is 2. The van der Waals surface area contributed by atoms with Crippen molar-refractivity contribution in [3.8, 4) is 0 Å². The number of aromatic amines is 1. The van der Waals surface area contributed by atoms with Crippen molar-refractivity contribution in [1.29, 1.82) is 0 Å². The SMILES string of the molecule is Cc1cn([C@H]2C[C@H](N=[N+]=[N-])[C@@H](COC(=O)OCCCC(=O)OC(C)(C)C)O2)c(=O)[nH]c1=O. The number of aryl methyl sites for hydroxylation is 1. The second-order valence-corrected chi connectivity index (χ2v) is 8.22. The summed E-state index contributed by atoms with van der Waals surface area (Å²) in [6.45, 7) is 6.49. The Morgan fingerprint density at radius 3 is 2.72 bits per heavy atom. The van der Waals surface area contributed by atoms with Gasteiger partial charge in [0.2, 0.25) is 0 Å². The molecule has 1 aliphatic heterocycles. The van der Waals surface area contributed by atoms with Crippen LogP contribution in [-0.2, 0) is 23.7 Å². The first-order valence-corrected chi connectivity index (χ1v) is 10.0. The fourth-order valence-corrected chi connectivity index (χ4v) is 2.98. The van der Waals surface area contributed by atoms with E-state index in [2.05, 4.69) is 15.0 Å². The van der Waals surface area contributed by atoms with Gasteiger partial charge in [0, 0.05) is 29.5 Å². The summed E-state index contributed by atoms with van der Waals surface area (Å²) in [6.07, 6.45) is -0.754. The van der Waals surface area contributed by atoms with Crippen LogP contribution in [-0.4, -0.2) is 52.6 Å². The molecule has 1 fully saturated rings. The average molecular weight is 453 g/mol. The molecule has 0 spiro atoms. The summed E-state index contributed by atoms with van der Waals surface area (Å²) in [6, 6.07) is -0.705. The smallest absolute Gasteiger partial charge is 0.460 e. The second kappa shape index (κ2) is 10.8. The largest absolute Gasteiger partial charge is 0.508 e. The standard InChI is InChI=1S/C19H27N5O8/c1-11-9-24(17(27)21-16(11)26)14-8-12(22-23-20)13(31-14)10-30-18(28)29-7-5-6-15(25)32-19(2,3)4/h9,12-14H,5-8,10H2,1-4H3,(H,21,26,27)/t12-,13+,14+/m0/s1. The molecule has 0 unspecified atom stereocenters. The first-order chi connectivity index (χ1) is 15.0. The molecule has 2 rings (SSSR count). The van der Waals surface area contributed by atoms with Crippen LogP contribution < -0.4 is 11.2 Å². The van der Waals surface area contributed by atoms with Gasteiger partial charge in [-0.25, -0.2) is 9.59 Å². The molecule has 1 aromatic heterocycles. The Bertz CT molecular complexity index is 989. The highest BCUT2D eigenvalue weighted by Gasteiger charge is 2.37. The van der Waals surface area contributed by atoms with Gasteiger partial charge in [0.25, 0.3) is 5.56 Å². The molecular weight excluding hydrogens is 426 g/mol. The molecule has 32 heavy (non-hydrogen) atoms. The number of carbonyl (C=O) groups is 2. The van der Waals surface area contributed by atoms with Crippen LogP contribution in [0.15, 0.2) is 20.9 Å². The van der Waals surface area contributed by atoms with E-state index >= 15 is 0 Å². The highest BCUT2D eigenvalue weighted by molar-refractivity contribution is 5.69. The fourth-order valence-electron chi connectivity index (χ4n) is 2.98. The van der Waals surface area contributed by atoms with Crippen molar-refractivity contribution in [3.05, 3.63) is 43.0 Å². The Morgan fingerprint density at radius 1 is 1.34 bits per heavy atom. The molecule has 176 valence electrons. The quantitative estimate of drug-likeness (QED) is 0.204. The van der Waals surface area contributed by atoms with Crippen LogP contribution in [0.1, 0.15) is 51.8 Å². The molecule has 0 aliphatic carbocycles. The monoisotopic (exact) mass is 453 g/mol.